The number of amides is 1. The molecule has 0 saturated carbocycles. The van der Waals surface area contributed by atoms with Crippen molar-refractivity contribution in [1.29, 1.82) is 0 Å². The zero-order chi connectivity index (χ0) is 20.6. The second kappa shape index (κ2) is 8.20. The van der Waals surface area contributed by atoms with E-state index in [-0.39, 0.29) is 5.41 Å². The lowest BCUT2D eigenvalue weighted by Gasteiger charge is -2.40. The molecule has 0 radical (unpaired) electrons. The Bertz CT molecular complexity index is 862. The highest BCUT2D eigenvalue weighted by molar-refractivity contribution is 5.77. The minimum absolute atomic E-state index is 0.239. The molecule has 1 atom stereocenters. The Hall–Kier alpha value is -2.11. The van der Waals surface area contributed by atoms with Gasteiger partial charge in [-0.3, -0.25) is 9.69 Å². The van der Waals surface area contributed by atoms with Gasteiger partial charge in [-0.1, -0.05) is 24.3 Å². The molecule has 0 unspecified atom stereocenters. The summed E-state index contributed by atoms with van der Waals surface area (Å²) in [6.45, 7) is 6.80. The van der Waals surface area contributed by atoms with Crippen LogP contribution in [-0.4, -0.2) is 66.9 Å². The van der Waals surface area contributed by atoms with Gasteiger partial charge in [0, 0.05) is 32.6 Å². The largest absolute Gasteiger partial charge is 0.468 e. The number of likely N-dealkylation sites (tertiary alicyclic amines) is 1. The number of hydrogen-bond donors (Lipinski definition) is 0. The molecule has 5 heteroatoms. The average molecular weight is 408 g/mol. The zero-order valence-electron chi connectivity index (χ0n) is 18.1. The molecule has 30 heavy (non-hydrogen) atoms. The summed E-state index contributed by atoms with van der Waals surface area (Å²) in [4.78, 5) is 20.0. The van der Waals surface area contributed by atoms with Crippen molar-refractivity contribution in [3.8, 4) is 0 Å². The minimum Gasteiger partial charge on any atom is -0.468 e. The SMILES string of the molecule is CN1CCN(C(=O)C[C@@H]2CC3(CCN(Cc4ccco4)CC3)c3ccccc32)CC1. The third-order valence-electron chi connectivity index (χ3n) is 7.66. The number of likely N-dealkylation sites (N-methyl/N-ethyl adjacent to an activating group) is 1. The highest BCUT2D eigenvalue weighted by Gasteiger charge is 2.45. The summed E-state index contributed by atoms with van der Waals surface area (Å²) in [6.07, 6.45) is 5.89. The van der Waals surface area contributed by atoms with E-state index in [1.807, 2.05) is 6.07 Å². The van der Waals surface area contributed by atoms with Crippen molar-refractivity contribution in [1.82, 2.24) is 14.7 Å². The molecule has 3 heterocycles. The first kappa shape index (κ1) is 19.8. The maximum atomic E-state index is 13.1. The number of furan rings is 1. The molecule has 3 aliphatic rings. The van der Waals surface area contributed by atoms with Gasteiger partial charge < -0.3 is 14.2 Å². The van der Waals surface area contributed by atoms with Crippen molar-refractivity contribution < 1.29 is 9.21 Å². The topological polar surface area (TPSA) is 39.9 Å². The van der Waals surface area contributed by atoms with Gasteiger partial charge in [-0.25, -0.2) is 0 Å². The van der Waals surface area contributed by atoms with E-state index in [9.17, 15) is 4.79 Å². The van der Waals surface area contributed by atoms with Crippen molar-refractivity contribution in [2.45, 2.75) is 43.6 Å². The number of benzene rings is 1. The van der Waals surface area contributed by atoms with Crippen LogP contribution in [0, 0.1) is 0 Å². The molecule has 1 amide bonds. The van der Waals surface area contributed by atoms with Gasteiger partial charge in [0.1, 0.15) is 5.76 Å². The van der Waals surface area contributed by atoms with Gasteiger partial charge in [0.15, 0.2) is 0 Å². The van der Waals surface area contributed by atoms with Crippen LogP contribution in [0.2, 0.25) is 0 Å². The molecule has 160 valence electrons. The van der Waals surface area contributed by atoms with Gasteiger partial charge in [0.2, 0.25) is 5.91 Å². The van der Waals surface area contributed by atoms with Gasteiger partial charge in [0.25, 0.3) is 0 Å². The highest BCUT2D eigenvalue weighted by Crippen LogP contribution is 2.52. The standard InChI is InChI=1S/C25H33N3O2/c1-26-12-14-28(15-13-26)24(29)17-20-18-25(23-7-3-2-6-22(20)23)8-10-27(11-9-25)19-21-5-4-16-30-21/h2-7,16,20H,8-15,17-19H2,1H3/t20-/m1/s1. The fourth-order valence-corrected chi connectivity index (χ4v) is 5.84. The molecule has 1 aliphatic carbocycles. The van der Waals surface area contributed by atoms with E-state index in [1.165, 1.54) is 24.0 Å². The molecule has 2 saturated heterocycles. The van der Waals surface area contributed by atoms with Crippen molar-refractivity contribution >= 4 is 5.91 Å². The molecule has 1 aromatic carbocycles. The van der Waals surface area contributed by atoms with E-state index >= 15 is 0 Å². The van der Waals surface area contributed by atoms with Crippen LogP contribution in [0.25, 0.3) is 0 Å². The van der Waals surface area contributed by atoms with E-state index < -0.39 is 0 Å². The fraction of sp³-hybridized carbons (Fsp3) is 0.560. The lowest BCUT2D eigenvalue weighted by Crippen LogP contribution is -2.47. The van der Waals surface area contributed by atoms with Crippen LogP contribution in [0.5, 0.6) is 0 Å². The normalized spacial score (nSPS) is 24.3. The second-order valence-electron chi connectivity index (χ2n) is 9.51. The maximum absolute atomic E-state index is 13.1. The van der Waals surface area contributed by atoms with Crippen LogP contribution in [0.3, 0.4) is 0 Å². The monoisotopic (exact) mass is 407 g/mol. The van der Waals surface area contributed by atoms with Gasteiger partial charge in [-0.2, -0.15) is 0 Å². The smallest absolute Gasteiger partial charge is 0.223 e. The van der Waals surface area contributed by atoms with Crippen LogP contribution in [0.1, 0.15) is 48.5 Å². The number of piperazine rings is 1. The summed E-state index contributed by atoms with van der Waals surface area (Å²) in [5.41, 5.74) is 3.18. The molecule has 1 spiro atoms. The van der Waals surface area contributed by atoms with Crippen LogP contribution in [0.15, 0.2) is 47.1 Å². The molecule has 0 N–H and O–H groups in total. The maximum Gasteiger partial charge on any atom is 0.223 e. The van der Waals surface area contributed by atoms with Gasteiger partial charge in [-0.15, -0.1) is 0 Å². The molecule has 2 fully saturated rings. The molecular formula is C25H33N3O2. The minimum atomic E-state index is 0.239. The lowest BCUT2D eigenvalue weighted by atomic mass is 9.73. The van der Waals surface area contributed by atoms with Crippen LogP contribution in [-0.2, 0) is 16.8 Å². The first-order valence-corrected chi connectivity index (χ1v) is 11.4. The van der Waals surface area contributed by atoms with Crippen molar-refractivity contribution in [2.75, 3.05) is 46.3 Å². The quantitative estimate of drug-likeness (QED) is 0.778. The van der Waals surface area contributed by atoms with Crippen LogP contribution < -0.4 is 0 Å². The van der Waals surface area contributed by atoms with Gasteiger partial charge in [0.05, 0.1) is 12.8 Å². The number of carbonyl (C=O) groups excluding carboxylic acids is 1. The predicted molar refractivity (Wildman–Crippen MR) is 117 cm³/mol. The number of carbonyl (C=O) groups is 1. The molecule has 5 nitrogen and oxygen atoms in total. The van der Waals surface area contributed by atoms with Gasteiger partial charge >= 0.3 is 0 Å². The molecule has 2 aromatic rings. The van der Waals surface area contributed by atoms with E-state index in [2.05, 4.69) is 52.1 Å². The molecular weight excluding hydrogens is 374 g/mol. The number of piperidine rings is 1. The summed E-state index contributed by atoms with van der Waals surface area (Å²) in [7, 11) is 2.14. The van der Waals surface area contributed by atoms with Crippen molar-refractivity contribution in [2.24, 2.45) is 0 Å². The second-order valence-corrected chi connectivity index (χ2v) is 9.51. The van der Waals surface area contributed by atoms with E-state index in [0.29, 0.717) is 18.2 Å². The number of hydrogen-bond acceptors (Lipinski definition) is 4. The summed E-state index contributed by atoms with van der Waals surface area (Å²) in [5.74, 6) is 1.76. The predicted octanol–water partition coefficient (Wildman–Crippen LogP) is 3.46. The Balaban J connectivity index is 1.27. The first-order valence-electron chi connectivity index (χ1n) is 11.4. The summed E-state index contributed by atoms with van der Waals surface area (Å²) >= 11 is 0. The molecule has 5 rings (SSSR count). The van der Waals surface area contributed by atoms with Crippen LogP contribution in [0.4, 0.5) is 0 Å². The number of fused-ring (bicyclic) bond motifs is 2. The Kier molecular flexibility index (Phi) is 5.42. The van der Waals surface area contributed by atoms with Crippen molar-refractivity contribution in [3.05, 3.63) is 59.5 Å². The Morgan fingerprint density at radius 3 is 2.53 bits per heavy atom. The Labute approximate surface area is 179 Å². The average Bonchev–Trinajstić information content (AvgIpc) is 3.38. The fourth-order valence-electron chi connectivity index (χ4n) is 5.84. The van der Waals surface area contributed by atoms with E-state index in [4.69, 9.17) is 4.42 Å². The van der Waals surface area contributed by atoms with E-state index in [0.717, 1.165) is 58.0 Å². The lowest BCUT2D eigenvalue weighted by molar-refractivity contribution is -0.133. The van der Waals surface area contributed by atoms with Crippen LogP contribution >= 0.6 is 0 Å². The zero-order valence-corrected chi connectivity index (χ0v) is 18.1. The van der Waals surface area contributed by atoms with Gasteiger partial charge in [-0.05, 0) is 74.0 Å². The molecule has 0 bridgehead atoms. The number of nitrogens with zero attached hydrogens (tertiary/aromatic N) is 3. The van der Waals surface area contributed by atoms with Crippen molar-refractivity contribution in [3.63, 3.8) is 0 Å². The third-order valence-corrected chi connectivity index (χ3v) is 7.66. The molecule has 1 aromatic heterocycles. The number of rotatable bonds is 4. The Morgan fingerprint density at radius 1 is 1.03 bits per heavy atom. The third kappa shape index (κ3) is 3.81. The summed E-state index contributed by atoms with van der Waals surface area (Å²) in [5, 5.41) is 0. The molecule has 2 aliphatic heterocycles. The van der Waals surface area contributed by atoms with E-state index in [1.54, 1.807) is 6.26 Å². The first-order chi connectivity index (χ1) is 14.6. The summed E-state index contributed by atoms with van der Waals surface area (Å²) in [6, 6.07) is 13.0. The highest BCUT2D eigenvalue weighted by atomic mass is 16.3. The summed E-state index contributed by atoms with van der Waals surface area (Å²) < 4.78 is 5.55. The Morgan fingerprint density at radius 2 is 1.80 bits per heavy atom.